The molecular formula is C31H48ClIN2O2. The molecular weight excluding hydrogens is 595 g/mol. The fourth-order valence-electron chi connectivity index (χ4n) is 4.41. The highest BCUT2D eigenvalue weighted by Gasteiger charge is 2.10. The zero-order valence-corrected chi connectivity index (χ0v) is 26.0. The van der Waals surface area contributed by atoms with Gasteiger partial charge in [-0.15, -0.1) is 0 Å². The first-order valence-corrected chi connectivity index (χ1v) is 14.7. The second kappa shape index (κ2) is 21.6. The van der Waals surface area contributed by atoms with Crippen LogP contribution in [0.1, 0.15) is 108 Å². The monoisotopic (exact) mass is 642 g/mol. The number of carbonyl (C=O) groups excluding carboxylic acids is 1. The summed E-state index contributed by atoms with van der Waals surface area (Å²) in [5.41, 5.74) is 1.91. The lowest BCUT2D eigenvalue weighted by Gasteiger charge is -2.10. The van der Waals surface area contributed by atoms with Crippen LogP contribution in [0.4, 0.5) is 0 Å². The molecule has 0 spiro atoms. The first kappa shape index (κ1) is 33.7. The largest absolute Gasteiger partial charge is 1.00 e. The highest BCUT2D eigenvalue weighted by Crippen LogP contribution is 2.23. The van der Waals surface area contributed by atoms with Gasteiger partial charge in [-0.05, 0) is 30.2 Å². The van der Waals surface area contributed by atoms with Crippen LogP contribution in [-0.2, 0) is 24.3 Å². The molecule has 4 nitrogen and oxygen atoms in total. The van der Waals surface area contributed by atoms with Crippen molar-refractivity contribution in [3.8, 4) is 5.75 Å². The van der Waals surface area contributed by atoms with Gasteiger partial charge in [-0.3, -0.25) is 4.79 Å². The molecule has 0 saturated carbocycles. The summed E-state index contributed by atoms with van der Waals surface area (Å²) in [4.78, 5) is 12.4. The lowest BCUT2D eigenvalue weighted by atomic mass is 10.1. The molecule has 0 radical (unpaired) electrons. The van der Waals surface area contributed by atoms with Crippen LogP contribution in [0, 0.1) is 0 Å². The molecule has 0 atom stereocenters. The third-order valence-corrected chi connectivity index (χ3v) is 6.88. The van der Waals surface area contributed by atoms with Gasteiger partial charge in [0.15, 0.2) is 12.4 Å². The fourth-order valence-corrected chi connectivity index (χ4v) is 4.65. The summed E-state index contributed by atoms with van der Waals surface area (Å²) >= 11 is 6.44. The Bertz CT molecular complexity index is 878. The Labute approximate surface area is 247 Å². The predicted octanol–water partition coefficient (Wildman–Crippen LogP) is 4.98. The highest BCUT2D eigenvalue weighted by atomic mass is 127. The van der Waals surface area contributed by atoms with Gasteiger partial charge in [0.1, 0.15) is 12.3 Å². The van der Waals surface area contributed by atoms with E-state index in [2.05, 4.69) is 36.1 Å². The van der Waals surface area contributed by atoms with Crippen molar-refractivity contribution in [2.24, 2.45) is 0 Å². The van der Waals surface area contributed by atoms with E-state index in [0.717, 1.165) is 36.3 Å². The molecule has 0 saturated heterocycles. The molecule has 1 amide bonds. The first-order valence-electron chi connectivity index (χ1n) is 14.3. The Balaban J connectivity index is 0.00000684. The number of hydrogen-bond donors (Lipinski definition) is 1. The Morgan fingerprint density at radius 3 is 2.16 bits per heavy atom. The van der Waals surface area contributed by atoms with E-state index in [9.17, 15) is 4.79 Å². The fraction of sp³-hybridized carbons (Fsp3) is 0.613. The smallest absolute Gasteiger partial charge is 0.224 e. The molecule has 1 aromatic carbocycles. The summed E-state index contributed by atoms with van der Waals surface area (Å²) in [6, 6.07) is 9.69. The number of nitrogens with one attached hydrogen (secondary N) is 1. The number of nitrogens with zero attached hydrogens (tertiary/aromatic N) is 1. The average molecular weight is 643 g/mol. The molecule has 0 aliphatic heterocycles. The number of rotatable bonds is 20. The molecule has 0 fully saturated rings. The topological polar surface area (TPSA) is 42.2 Å². The maximum absolute atomic E-state index is 12.4. The van der Waals surface area contributed by atoms with Gasteiger partial charge in [-0.25, -0.2) is 4.57 Å². The quantitative estimate of drug-likeness (QED) is 0.126. The Morgan fingerprint density at radius 2 is 1.54 bits per heavy atom. The van der Waals surface area contributed by atoms with Crippen LogP contribution in [0.2, 0.25) is 5.02 Å². The molecule has 37 heavy (non-hydrogen) atoms. The van der Waals surface area contributed by atoms with Crippen LogP contribution in [-0.4, -0.2) is 12.5 Å². The average Bonchev–Trinajstić information content (AvgIpc) is 2.87. The van der Waals surface area contributed by atoms with E-state index >= 15 is 0 Å². The van der Waals surface area contributed by atoms with Gasteiger partial charge in [0, 0.05) is 29.6 Å². The Morgan fingerprint density at radius 1 is 0.892 bits per heavy atom. The molecule has 0 aliphatic carbocycles. The molecule has 2 aromatic rings. The number of halogens is 2. The predicted molar refractivity (Wildman–Crippen MR) is 151 cm³/mol. The van der Waals surface area contributed by atoms with Gasteiger partial charge in [-0.2, -0.15) is 0 Å². The van der Waals surface area contributed by atoms with Crippen molar-refractivity contribution in [2.45, 2.75) is 117 Å². The van der Waals surface area contributed by atoms with Crippen molar-refractivity contribution in [1.29, 1.82) is 0 Å². The van der Waals surface area contributed by atoms with Gasteiger partial charge in [0.05, 0.1) is 13.0 Å². The second-order valence-corrected chi connectivity index (χ2v) is 10.3. The van der Waals surface area contributed by atoms with Crippen molar-refractivity contribution < 1.29 is 38.1 Å². The number of amides is 1. The normalized spacial score (nSPS) is 10.7. The van der Waals surface area contributed by atoms with Crippen LogP contribution in [0.25, 0.3) is 0 Å². The molecule has 0 unspecified atom stereocenters. The minimum absolute atomic E-state index is 0. The van der Waals surface area contributed by atoms with E-state index in [1.165, 1.54) is 70.6 Å². The number of benzene rings is 1. The van der Waals surface area contributed by atoms with Gasteiger partial charge >= 0.3 is 0 Å². The van der Waals surface area contributed by atoms with Crippen LogP contribution in [0.5, 0.6) is 5.75 Å². The Kier molecular flexibility index (Phi) is 19.6. The third-order valence-electron chi connectivity index (χ3n) is 6.53. The number of ether oxygens (including phenoxy) is 1. The summed E-state index contributed by atoms with van der Waals surface area (Å²) in [5, 5.41) is 3.58. The van der Waals surface area contributed by atoms with Crippen molar-refractivity contribution in [1.82, 2.24) is 5.32 Å². The minimum atomic E-state index is -0.0343. The number of unbranched alkanes of at least 4 members (excludes halogenated alkanes) is 11. The van der Waals surface area contributed by atoms with Crippen molar-refractivity contribution in [3.63, 3.8) is 0 Å². The molecule has 0 bridgehead atoms. The molecule has 1 N–H and O–H groups in total. The summed E-state index contributed by atoms with van der Waals surface area (Å²) in [5.74, 6) is 0.741. The molecule has 1 aromatic heterocycles. The van der Waals surface area contributed by atoms with E-state index in [1.54, 1.807) is 0 Å². The number of pyridine rings is 1. The van der Waals surface area contributed by atoms with Crippen molar-refractivity contribution >= 4 is 17.5 Å². The van der Waals surface area contributed by atoms with Crippen LogP contribution in [0.3, 0.4) is 0 Å². The second-order valence-electron chi connectivity index (χ2n) is 9.89. The standard InChI is InChI=1S/C31H47ClN2O2.HI/c1-3-5-6-7-8-9-10-11-12-13-14-15-22-36-29-19-18-28(30(32)24-29)23-31(35)33-25-27-17-16-21-34(26-27)20-4-2;/h16-19,21,24,26H,3-15,20,22-23,25H2,1-2H3;1H. The van der Waals surface area contributed by atoms with Crippen molar-refractivity contribution in [3.05, 3.63) is 58.9 Å². The van der Waals surface area contributed by atoms with Gasteiger partial charge in [0.2, 0.25) is 5.91 Å². The van der Waals surface area contributed by atoms with Crippen LogP contribution >= 0.6 is 11.6 Å². The van der Waals surface area contributed by atoms with Crippen molar-refractivity contribution in [2.75, 3.05) is 6.61 Å². The van der Waals surface area contributed by atoms with E-state index < -0.39 is 0 Å². The van der Waals surface area contributed by atoms with Gasteiger partial charge < -0.3 is 34.0 Å². The maximum atomic E-state index is 12.4. The summed E-state index contributed by atoms with van der Waals surface area (Å²) in [6.45, 7) is 6.63. The van der Waals surface area contributed by atoms with E-state index in [-0.39, 0.29) is 36.3 Å². The molecule has 1 heterocycles. The molecule has 2 rings (SSSR count). The summed E-state index contributed by atoms with van der Waals surface area (Å²) < 4.78 is 8.03. The zero-order valence-electron chi connectivity index (χ0n) is 23.1. The Hall–Kier alpha value is -1.34. The third kappa shape index (κ3) is 15.6. The van der Waals surface area contributed by atoms with E-state index in [0.29, 0.717) is 18.2 Å². The van der Waals surface area contributed by atoms with Gasteiger partial charge in [-0.1, -0.05) is 102 Å². The minimum Gasteiger partial charge on any atom is -1.00 e. The number of aromatic nitrogens is 1. The SMILES string of the molecule is CCCCCCCCCCCCCCOc1ccc(CC(=O)NCc2ccc[n+](CCC)c2)c(Cl)c1.[I-]. The maximum Gasteiger partial charge on any atom is 0.224 e. The number of aryl methyl sites for hydroxylation is 1. The van der Waals surface area contributed by atoms with Crippen LogP contribution in [0.15, 0.2) is 42.7 Å². The molecule has 0 aliphatic rings. The molecule has 208 valence electrons. The van der Waals surface area contributed by atoms with Gasteiger partial charge in [0.25, 0.3) is 0 Å². The first-order chi connectivity index (χ1) is 17.6. The van der Waals surface area contributed by atoms with E-state index in [4.69, 9.17) is 16.3 Å². The molecule has 6 heteroatoms. The summed E-state index contributed by atoms with van der Waals surface area (Å²) in [6.07, 6.45) is 21.5. The number of hydrogen-bond acceptors (Lipinski definition) is 2. The lowest BCUT2D eigenvalue weighted by Crippen LogP contribution is -3.00. The zero-order chi connectivity index (χ0) is 25.8. The van der Waals surface area contributed by atoms with E-state index in [1.807, 2.05) is 30.3 Å². The highest BCUT2D eigenvalue weighted by molar-refractivity contribution is 6.31. The number of carbonyl (C=O) groups is 1. The lowest BCUT2D eigenvalue weighted by molar-refractivity contribution is -0.697. The van der Waals surface area contributed by atoms with Crippen LogP contribution < -0.4 is 38.6 Å². The summed E-state index contributed by atoms with van der Waals surface area (Å²) in [7, 11) is 0.